The number of nitrogens with zero attached hydrogens (tertiary/aromatic N) is 4. The number of rotatable bonds is 6. The van der Waals surface area contributed by atoms with Crippen molar-refractivity contribution in [1.29, 1.82) is 0 Å². The minimum atomic E-state index is -1.03. The minimum Gasteiger partial charge on any atom is -0.378 e. The van der Waals surface area contributed by atoms with Crippen LogP contribution in [0, 0.1) is 11.6 Å². The lowest BCUT2D eigenvalue weighted by Gasteiger charge is -2.26. The topological polar surface area (TPSA) is 106 Å². The molecule has 1 aliphatic rings. The number of nitrogens with one attached hydrogen (secondary N) is 1. The lowest BCUT2D eigenvalue weighted by Crippen LogP contribution is -2.40. The minimum absolute atomic E-state index is 0.0761. The van der Waals surface area contributed by atoms with Gasteiger partial charge in [-0.3, -0.25) is 23.9 Å². The maximum atomic E-state index is 13.5. The standard InChI is InChI=1S/C27H23F2N5O4/c28-22-3-1-18(10-23(22)29)15-34-16-30-14-21(27(34)37)25(35)32-12-17-2-4-24-19(9-17)11-20(13-31-24)26(36)33-5-7-38-8-6-33/h1-4,9-11,13-14,16H,5-8,12,15H2,(H,32,35). The number of benzene rings is 2. The Hall–Kier alpha value is -4.51. The highest BCUT2D eigenvalue weighted by Gasteiger charge is 2.19. The van der Waals surface area contributed by atoms with Gasteiger partial charge in [-0.25, -0.2) is 13.8 Å². The summed E-state index contributed by atoms with van der Waals surface area (Å²) in [5.41, 5.74) is 1.46. The van der Waals surface area contributed by atoms with Crippen molar-refractivity contribution >= 4 is 22.7 Å². The maximum Gasteiger partial charge on any atom is 0.266 e. The van der Waals surface area contributed by atoms with Crippen LogP contribution in [0.25, 0.3) is 10.9 Å². The molecule has 2 amide bonds. The SMILES string of the molecule is O=C(NCc1ccc2ncc(C(=O)N3CCOCC3)cc2c1)c1cncn(Cc2ccc(F)c(F)c2)c1=O. The molecule has 0 spiro atoms. The fourth-order valence-electron chi connectivity index (χ4n) is 4.19. The van der Waals surface area contributed by atoms with Crippen LogP contribution < -0.4 is 10.9 Å². The molecule has 0 aliphatic carbocycles. The van der Waals surface area contributed by atoms with Crippen molar-refractivity contribution in [3.05, 3.63) is 105 Å². The molecule has 1 N–H and O–H groups in total. The Morgan fingerprint density at radius 1 is 0.974 bits per heavy atom. The Balaban J connectivity index is 1.29. The largest absolute Gasteiger partial charge is 0.378 e. The first-order valence-corrected chi connectivity index (χ1v) is 11.9. The van der Waals surface area contributed by atoms with Crippen molar-refractivity contribution in [1.82, 2.24) is 24.8 Å². The lowest BCUT2D eigenvalue weighted by molar-refractivity contribution is 0.0302. The summed E-state index contributed by atoms with van der Waals surface area (Å²) in [5.74, 6) is -2.76. The van der Waals surface area contributed by atoms with Gasteiger partial charge in [-0.05, 0) is 41.5 Å². The van der Waals surface area contributed by atoms with Crippen molar-refractivity contribution in [3.63, 3.8) is 0 Å². The summed E-state index contributed by atoms with van der Waals surface area (Å²) in [4.78, 5) is 48.5. The van der Waals surface area contributed by atoms with E-state index in [1.165, 1.54) is 12.4 Å². The fraction of sp³-hybridized carbons (Fsp3) is 0.222. The molecule has 11 heteroatoms. The second kappa shape index (κ2) is 10.9. The molecule has 0 bridgehead atoms. The number of amides is 2. The highest BCUT2D eigenvalue weighted by Crippen LogP contribution is 2.17. The Morgan fingerprint density at radius 2 is 1.76 bits per heavy atom. The number of ether oxygens (including phenoxy) is 1. The van der Waals surface area contributed by atoms with Gasteiger partial charge in [0.15, 0.2) is 11.6 Å². The summed E-state index contributed by atoms with van der Waals surface area (Å²) in [6.07, 6.45) is 3.94. The monoisotopic (exact) mass is 519 g/mol. The highest BCUT2D eigenvalue weighted by molar-refractivity contribution is 5.97. The van der Waals surface area contributed by atoms with Gasteiger partial charge in [0.25, 0.3) is 17.4 Å². The third-order valence-corrected chi connectivity index (χ3v) is 6.23. The number of morpholine rings is 1. The third kappa shape index (κ3) is 5.42. The average Bonchev–Trinajstić information content (AvgIpc) is 2.94. The van der Waals surface area contributed by atoms with E-state index >= 15 is 0 Å². The molecule has 0 unspecified atom stereocenters. The zero-order valence-corrected chi connectivity index (χ0v) is 20.2. The van der Waals surface area contributed by atoms with Gasteiger partial charge in [0.1, 0.15) is 5.56 Å². The van der Waals surface area contributed by atoms with Crippen molar-refractivity contribution in [3.8, 4) is 0 Å². The molecule has 2 aromatic heterocycles. The molecule has 0 radical (unpaired) electrons. The van der Waals surface area contributed by atoms with Crippen LogP contribution in [0.2, 0.25) is 0 Å². The molecule has 0 atom stereocenters. The molecular weight excluding hydrogens is 496 g/mol. The van der Waals surface area contributed by atoms with Crippen LogP contribution in [-0.2, 0) is 17.8 Å². The number of carbonyl (C=O) groups excluding carboxylic acids is 2. The van der Waals surface area contributed by atoms with E-state index in [9.17, 15) is 23.2 Å². The second-order valence-corrected chi connectivity index (χ2v) is 8.83. The number of hydrogen-bond acceptors (Lipinski definition) is 6. The highest BCUT2D eigenvalue weighted by atomic mass is 19.2. The maximum absolute atomic E-state index is 13.5. The molecule has 0 saturated carbocycles. The predicted octanol–water partition coefficient (Wildman–Crippen LogP) is 2.52. The Morgan fingerprint density at radius 3 is 2.55 bits per heavy atom. The lowest BCUT2D eigenvalue weighted by atomic mass is 10.1. The zero-order valence-electron chi connectivity index (χ0n) is 20.2. The predicted molar refractivity (Wildman–Crippen MR) is 134 cm³/mol. The van der Waals surface area contributed by atoms with Crippen LogP contribution in [0.1, 0.15) is 31.8 Å². The summed E-state index contributed by atoms with van der Waals surface area (Å²) < 4.78 is 33.2. The number of fused-ring (bicyclic) bond motifs is 1. The number of halogens is 2. The molecule has 2 aromatic carbocycles. The summed E-state index contributed by atoms with van der Waals surface area (Å²) in [5, 5.41) is 3.45. The summed E-state index contributed by atoms with van der Waals surface area (Å²) >= 11 is 0. The van der Waals surface area contributed by atoms with E-state index in [1.807, 2.05) is 6.07 Å². The van der Waals surface area contributed by atoms with E-state index in [4.69, 9.17) is 4.74 Å². The fourth-order valence-corrected chi connectivity index (χ4v) is 4.19. The summed E-state index contributed by atoms with van der Waals surface area (Å²) in [6, 6.07) is 10.5. The van der Waals surface area contributed by atoms with Crippen LogP contribution in [-0.4, -0.2) is 57.6 Å². The van der Waals surface area contributed by atoms with Gasteiger partial charge in [-0.2, -0.15) is 0 Å². The zero-order chi connectivity index (χ0) is 26.6. The smallest absolute Gasteiger partial charge is 0.266 e. The Kier molecular flexibility index (Phi) is 7.18. The Bertz CT molecular complexity index is 1580. The first-order valence-electron chi connectivity index (χ1n) is 11.9. The molecule has 9 nitrogen and oxygen atoms in total. The normalized spacial score (nSPS) is 13.5. The molecular formula is C27H23F2N5O4. The van der Waals surface area contributed by atoms with Gasteiger partial charge in [0.05, 0.1) is 37.2 Å². The van der Waals surface area contributed by atoms with E-state index in [0.717, 1.165) is 33.8 Å². The first-order chi connectivity index (χ1) is 18.4. The molecule has 3 heterocycles. The molecule has 1 aliphatic heterocycles. The third-order valence-electron chi connectivity index (χ3n) is 6.23. The molecule has 4 aromatic rings. The van der Waals surface area contributed by atoms with Crippen molar-refractivity contribution in [2.24, 2.45) is 0 Å². The average molecular weight is 520 g/mol. The van der Waals surface area contributed by atoms with Gasteiger partial charge in [-0.1, -0.05) is 12.1 Å². The molecule has 38 heavy (non-hydrogen) atoms. The number of pyridine rings is 1. The molecule has 194 valence electrons. The Labute approximate surface area is 215 Å². The van der Waals surface area contributed by atoms with Gasteiger partial charge >= 0.3 is 0 Å². The van der Waals surface area contributed by atoms with Crippen LogP contribution in [0.15, 0.2) is 66.0 Å². The van der Waals surface area contributed by atoms with Gasteiger partial charge < -0.3 is 15.0 Å². The number of hydrogen-bond donors (Lipinski definition) is 1. The molecule has 5 rings (SSSR count). The van der Waals surface area contributed by atoms with E-state index in [1.54, 1.807) is 29.3 Å². The molecule has 1 saturated heterocycles. The summed E-state index contributed by atoms with van der Waals surface area (Å²) in [6.45, 7) is 2.10. The van der Waals surface area contributed by atoms with Gasteiger partial charge in [0, 0.05) is 37.4 Å². The van der Waals surface area contributed by atoms with Crippen molar-refractivity contribution in [2.45, 2.75) is 13.1 Å². The molecule has 1 fully saturated rings. The quantitative estimate of drug-likeness (QED) is 0.420. The van der Waals surface area contributed by atoms with Crippen molar-refractivity contribution in [2.75, 3.05) is 26.3 Å². The van der Waals surface area contributed by atoms with E-state index in [2.05, 4.69) is 15.3 Å². The van der Waals surface area contributed by atoms with Crippen LogP contribution in [0.3, 0.4) is 0 Å². The van der Waals surface area contributed by atoms with Crippen molar-refractivity contribution < 1.29 is 23.1 Å². The number of aromatic nitrogens is 3. The van der Waals surface area contributed by atoms with Gasteiger partial charge in [-0.15, -0.1) is 0 Å². The summed E-state index contributed by atoms with van der Waals surface area (Å²) in [7, 11) is 0. The van der Waals surface area contributed by atoms with E-state index in [0.29, 0.717) is 42.9 Å². The first kappa shape index (κ1) is 25.2. The van der Waals surface area contributed by atoms with Crippen LogP contribution in [0.4, 0.5) is 8.78 Å². The van der Waals surface area contributed by atoms with Crippen LogP contribution >= 0.6 is 0 Å². The van der Waals surface area contributed by atoms with Gasteiger partial charge in [0.2, 0.25) is 0 Å². The van der Waals surface area contributed by atoms with E-state index < -0.39 is 23.1 Å². The van der Waals surface area contributed by atoms with E-state index in [-0.39, 0.29) is 24.6 Å². The van der Waals surface area contributed by atoms with Crippen LogP contribution in [0.5, 0.6) is 0 Å². The second-order valence-electron chi connectivity index (χ2n) is 8.83. The number of carbonyl (C=O) groups is 2.